The second kappa shape index (κ2) is 10.2. The zero-order valence-electron chi connectivity index (χ0n) is 14.1. The minimum atomic E-state index is -0.682. The van der Waals surface area contributed by atoms with Crippen LogP contribution in [0.3, 0.4) is 0 Å². The fourth-order valence-electron chi connectivity index (χ4n) is 2.06. The van der Waals surface area contributed by atoms with E-state index in [2.05, 4.69) is 36.0 Å². The van der Waals surface area contributed by atoms with Crippen LogP contribution in [0.25, 0.3) is 0 Å². The molecule has 6 heteroatoms. The number of nitrogens with zero attached hydrogens (tertiary/aromatic N) is 1. The molecule has 0 aliphatic heterocycles. The molecular formula is C17H25ClN2O3. The van der Waals surface area contributed by atoms with Gasteiger partial charge in [-0.1, -0.05) is 50.9 Å². The van der Waals surface area contributed by atoms with Crippen molar-refractivity contribution in [2.45, 2.75) is 39.7 Å². The van der Waals surface area contributed by atoms with E-state index < -0.39 is 5.97 Å². The monoisotopic (exact) mass is 340 g/mol. The number of anilines is 1. The van der Waals surface area contributed by atoms with Gasteiger partial charge >= 0.3 is 5.97 Å². The third kappa shape index (κ3) is 6.59. The van der Waals surface area contributed by atoms with Gasteiger partial charge in [-0.25, -0.2) is 4.79 Å². The maximum absolute atomic E-state index is 11.2. The van der Waals surface area contributed by atoms with Gasteiger partial charge in [-0.2, -0.15) is 5.10 Å². The van der Waals surface area contributed by atoms with Crippen molar-refractivity contribution in [3.63, 3.8) is 0 Å². The predicted octanol–water partition coefficient (Wildman–Crippen LogP) is 4.34. The number of benzene rings is 1. The molecule has 1 unspecified atom stereocenters. The highest BCUT2D eigenvalue weighted by molar-refractivity contribution is 6.82. The van der Waals surface area contributed by atoms with Crippen molar-refractivity contribution in [3.8, 4) is 0 Å². The van der Waals surface area contributed by atoms with Crippen molar-refractivity contribution < 1.29 is 14.3 Å². The Morgan fingerprint density at radius 3 is 2.74 bits per heavy atom. The van der Waals surface area contributed by atoms with Gasteiger partial charge in [0.25, 0.3) is 0 Å². The first kappa shape index (κ1) is 19.5. The highest BCUT2D eigenvalue weighted by atomic mass is 35.5. The molecule has 1 N–H and O–H groups in total. The minimum Gasteiger partial charge on any atom is -0.464 e. The average Bonchev–Trinajstić information content (AvgIpc) is 2.55. The molecular weight excluding hydrogens is 316 g/mol. The van der Waals surface area contributed by atoms with Crippen LogP contribution in [-0.4, -0.2) is 24.9 Å². The molecule has 1 aromatic rings. The van der Waals surface area contributed by atoms with Crippen LogP contribution in [0.5, 0.6) is 0 Å². The van der Waals surface area contributed by atoms with Crippen molar-refractivity contribution >= 4 is 28.4 Å². The van der Waals surface area contributed by atoms with Gasteiger partial charge in [0, 0.05) is 6.61 Å². The number of hydrogen-bond acceptors (Lipinski definition) is 5. The molecule has 0 fully saturated rings. The highest BCUT2D eigenvalue weighted by Crippen LogP contribution is 2.28. The van der Waals surface area contributed by atoms with Gasteiger partial charge in [-0.15, -0.1) is 0 Å². The molecule has 0 saturated carbocycles. The molecule has 0 heterocycles. The van der Waals surface area contributed by atoms with Crippen molar-refractivity contribution in [2.75, 3.05) is 19.1 Å². The number of hydrogen-bond donors (Lipinski definition) is 1. The van der Waals surface area contributed by atoms with E-state index in [1.165, 1.54) is 7.11 Å². The molecule has 0 amide bonds. The molecule has 1 atom stereocenters. The summed E-state index contributed by atoms with van der Waals surface area (Å²) in [5, 5.41) is 3.55. The van der Waals surface area contributed by atoms with Crippen LogP contribution in [0.15, 0.2) is 29.4 Å². The van der Waals surface area contributed by atoms with E-state index in [1.807, 2.05) is 24.3 Å². The van der Waals surface area contributed by atoms with Gasteiger partial charge in [0.05, 0.1) is 18.9 Å². The molecule has 0 radical (unpaired) electrons. The Bertz CT molecular complexity index is 532. The largest absolute Gasteiger partial charge is 0.464 e. The number of unbranched alkanes of at least 4 members (excludes halogenated alkanes) is 1. The number of ether oxygens (including phenoxy) is 2. The van der Waals surface area contributed by atoms with Crippen molar-refractivity contribution in [1.82, 2.24) is 0 Å². The lowest BCUT2D eigenvalue weighted by Gasteiger charge is -2.22. The number of methoxy groups -OCH3 is 1. The van der Waals surface area contributed by atoms with Gasteiger partial charge < -0.3 is 9.47 Å². The number of esters is 1. The predicted molar refractivity (Wildman–Crippen MR) is 93.8 cm³/mol. The summed E-state index contributed by atoms with van der Waals surface area (Å²) in [4.78, 5) is 11.2. The molecule has 0 bridgehead atoms. The van der Waals surface area contributed by atoms with E-state index >= 15 is 0 Å². The Balaban J connectivity index is 2.82. The van der Waals surface area contributed by atoms with Crippen molar-refractivity contribution in [3.05, 3.63) is 29.8 Å². The molecule has 0 saturated heterocycles. The summed E-state index contributed by atoms with van der Waals surface area (Å²) < 4.78 is 10.5. The van der Waals surface area contributed by atoms with Crippen LogP contribution < -0.4 is 5.43 Å². The van der Waals surface area contributed by atoms with Crippen LogP contribution in [0.4, 0.5) is 5.69 Å². The molecule has 0 spiro atoms. The van der Waals surface area contributed by atoms with Gasteiger partial charge in [0.1, 0.15) is 0 Å². The molecule has 128 valence electrons. The maximum atomic E-state index is 11.2. The zero-order chi connectivity index (χ0) is 17.2. The van der Waals surface area contributed by atoms with Crippen LogP contribution in [0.2, 0.25) is 0 Å². The Labute approximate surface area is 143 Å². The van der Waals surface area contributed by atoms with E-state index in [0.717, 1.165) is 30.7 Å². The average molecular weight is 341 g/mol. The first-order chi connectivity index (χ1) is 11.0. The lowest BCUT2D eigenvalue weighted by molar-refractivity contribution is -0.132. The summed E-state index contributed by atoms with van der Waals surface area (Å²) >= 11 is 5.71. The summed E-state index contributed by atoms with van der Waals surface area (Å²) in [6.45, 7) is 7.14. The third-order valence-corrected chi connectivity index (χ3v) is 3.49. The third-order valence-electron chi connectivity index (χ3n) is 3.25. The molecule has 0 aliphatic rings. The molecule has 1 aromatic carbocycles. The number of carbonyl (C=O) groups excluding carboxylic acids is 1. The van der Waals surface area contributed by atoms with Gasteiger partial charge in [0.15, 0.2) is 0 Å². The standard InChI is InChI=1S/C17H25ClN2O3/c1-5-6-10-23-15(12(2)3)13-8-7-9-14(11-13)19-20-16(18)17(21)22-4/h7-9,11-12,15,19H,5-6,10H2,1-4H3. The Morgan fingerprint density at radius 2 is 2.13 bits per heavy atom. The van der Waals surface area contributed by atoms with Crippen LogP contribution in [0.1, 0.15) is 45.3 Å². The van der Waals surface area contributed by atoms with Crippen molar-refractivity contribution in [1.29, 1.82) is 0 Å². The lowest BCUT2D eigenvalue weighted by atomic mass is 9.98. The smallest absolute Gasteiger partial charge is 0.370 e. The zero-order valence-corrected chi connectivity index (χ0v) is 14.9. The maximum Gasteiger partial charge on any atom is 0.370 e. The first-order valence-electron chi connectivity index (χ1n) is 7.78. The van der Waals surface area contributed by atoms with Crippen molar-refractivity contribution in [2.24, 2.45) is 11.0 Å². The number of rotatable bonds is 9. The van der Waals surface area contributed by atoms with E-state index in [1.54, 1.807) is 0 Å². The van der Waals surface area contributed by atoms with Gasteiger partial charge in [-0.3, -0.25) is 5.43 Å². The van der Waals surface area contributed by atoms with E-state index in [0.29, 0.717) is 5.92 Å². The van der Waals surface area contributed by atoms with Crippen LogP contribution >= 0.6 is 11.6 Å². The first-order valence-corrected chi connectivity index (χ1v) is 8.16. The lowest BCUT2D eigenvalue weighted by Crippen LogP contribution is -2.13. The Kier molecular flexibility index (Phi) is 8.66. The van der Waals surface area contributed by atoms with E-state index in [9.17, 15) is 4.79 Å². The van der Waals surface area contributed by atoms with E-state index in [4.69, 9.17) is 16.3 Å². The summed E-state index contributed by atoms with van der Waals surface area (Å²) in [5.41, 5.74) is 4.55. The summed E-state index contributed by atoms with van der Waals surface area (Å²) in [5.74, 6) is -0.331. The second-order valence-electron chi connectivity index (χ2n) is 5.52. The summed E-state index contributed by atoms with van der Waals surface area (Å²) in [6.07, 6.45) is 2.16. The fourth-order valence-corrected chi connectivity index (χ4v) is 2.18. The molecule has 23 heavy (non-hydrogen) atoms. The number of halogens is 1. The number of hydrazone groups is 1. The SMILES string of the molecule is CCCCOC(c1cccc(NN=C(Cl)C(=O)OC)c1)C(C)C. The highest BCUT2D eigenvalue weighted by Gasteiger charge is 2.16. The normalized spacial score (nSPS) is 13.0. The summed E-state index contributed by atoms with van der Waals surface area (Å²) in [6, 6.07) is 7.73. The summed E-state index contributed by atoms with van der Waals surface area (Å²) in [7, 11) is 1.25. The molecule has 0 aromatic heterocycles. The van der Waals surface area contributed by atoms with Gasteiger partial charge in [-0.05, 0) is 30.0 Å². The Morgan fingerprint density at radius 1 is 1.39 bits per heavy atom. The van der Waals surface area contributed by atoms with Gasteiger partial charge in [0.2, 0.25) is 5.17 Å². The van der Waals surface area contributed by atoms with Crippen LogP contribution in [-0.2, 0) is 14.3 Å². The fraction of sp³-hybridized carbons (Fsp3) is 0.529. The molecule has 1 rings (SSSR count). The molecule has 5 nitrogen and oxygen atoms in total. The molecule has 0 aliphatic carbocycles. The number of carbonyl (C=O) groups is 1. The Hall–Kier alpha value is -1.59. The van der Waals surface area contributed by atoms with E-state index in [-0.39, 0.29) is 11.3 Å². The number of nitrogens with one attached hydrogen (secondary N) is 1. The topological polar surface area (TPSA) is 59.9 Å². The quantitative estimate of drug-likeness (QED) is 0.314. The minimum absolute atomic E-state index is 0.0170. The van der Waals surface area contributed by atoms with Crippen LogP contribution in [0, 0.1) is 5.92 Å². The second-order valence-corrected chi connectivity index (χ2v) is 5.88.